The lowest BCUT2D eigenvalue weighted by Gasteiger charge is -2.07. The van der Waals surface area contributed by atoms with Gasteiger partial charge in [0.25, 0.3) is 0 Å². The molecule has 0 radical (unpaired) electrons. The third-order valence-electron chi connectivity index (χ3n) is 2.64. The van der Waals surface area contributed by atoms with Gasteiger partial charge in [-0.2, -0.15) is 10.4 Å². The number of nitriles is 1. The molecule has 0 aliphatic carbocycles. The van der Waals surface area contributed by atoms with E-state index in [2.05, 4.69) is 17.7 Å². The van der Waals surface area contributed by atoms with Crippen LogP contribution in [0.5, 0.6) is 5.75 Å². The zero-order chi connectivity index (χ0) is 13.0. The number of methoxy groups -OCH3 is 1. The van der Waals surface area contributed by atoms with E-state index >= 15 is 0 Å². The van der Waals surface area contributed by atoms with Crippen LogP contribution in [0.1, 0.15) is 5.56 Å². The van der Waals surface area contributed by atoms with Crippen LogP contribution in [0.3, 0.4) is 0 Å². The van der Waals surface area contributed by atoms with Crippen LogP contribution in [0.15, 0.2) is 37.2 Å². The van der Waals surface area contributed by atoms with Crippen molar-refractivity contribution in [3.8, 4) is 22.9 Å². The maximum absolute atomic E-state index is 8.62. The molecular formula is C14H13N3O. The summed E-state index contributed by atoms with van der Waals surface area (Å²) in [5.74, 6) is 0.768. The first-order valence-electron chi connectivity index (χ1n) is 5.48. The second kappa shape index (κ2) is 5.19. The van der Waals surface area contributed by atoms with Crippen LogP contribution < -0.4 is 4.74 Å². The van der Waals surface area contributed by atoms with Crippen LogP contribution in [0.4, 0.5) is 0 Å². The van der Waals surface area contributed by atoms with Crippen molar-refractivity contribution in [3.63, 3.8) is 0 Å². The van der Waals surface area contributed by atoms with E-state index in [1.807, 2.05) is 24.4 Å². The fraction of sp³-hybridized carbons (Fsp3) is 0.143. The standard InChI is InChI=1S/C14H13N3O/c1-3-11-4-5-13(14(8-11)18-2)12-9-16-17(10-12)7-6-15/h3-5,8-10H,1,7H2,2H3. The largest absolute Gasteiger partial charge is 0.496 e. The van der Waals surface area contributed by atoms with Crippen molar-refractivity contribution in [1.29, 1.82) is 5.26 Å². The van der Waals surface area contributed by atoms with Gasteiger partial charge < -0.3 is 4.74 Å². The van der Waals surface area contributed by atoms with Crippen LogP contribution in [0.25, 0.3) is 17.2 Å². The van der Waals surface area contributed by atoms with Gasteiger partial charge in [0.1, 0.15) is 12.3 Å². The molecule has 4 nitrogen and oxygen atoms in total. The van der Waals surface area contributed by atoms with Crippen LogP contribution in [0.2, 0.25) is 0 Å². The highest BCUT2D eigenvalue weighted by molar-refractivity contribution is 5.71. The average molecular weight is 239 g/mol. The van der Waals surface area contributed by atoms with Gasteiger partial charge in [0.05, 0.1) is 19.4 Å². The number of benzene rings is 1. The molecule has 0 aliphatic rings. The van der Waals surface area contributed by atoms with E-state index in [0.717, 1.165) is 22.4 Å². The minimum absolute atomic E-state index is 0.243. The summed E-state index contributed by atoms with van der Waals surface area (Å²) < 4.78 is 6.96. The molecule has 2 aromatic rings. The molecular weight excluding hydrogens is 226 g/mol. The van der Waals surface area contributed by atoms with Crippen LogP contribution in [0, 0.1) is 11.3 Å². The Morgan fingerprint density at radius 1 is 1.56 bits per heavy atom. The van der Waals surface area contributed by atoms with Crippen LogP contribution in [-0.2, 0) is 6.54 Å². The molecule has 0 spiro atoms. The Balaban J connectivity index is 2.43. The van der Waals surface area contributed by atoms with Gasteiger partial charge in [-0.05, 0) is 17.7 Å². The average Bonchev–Trinajstić information content (AvgIpc) is 2.87. The fourth-order valence-corrected chi connectivity index (χ4v) is 1.73. The Morgan fingerprint density at radius 3 is 3.06 bits per heavy atom. The number of rotatable bonds is 4. The molecule has 0 saturated carbocycles. The molecule has 0 aliphatic heterocycles. The summed E-state index contributed by atoms with van der Waals surface area (Å²) in [5, 5.41) is 12.7. The second-order valence-electron chi connectivity index (χ2n) is 3.75. The molecule has 0 atom stereocenters. The molecule has 90 valence electrons. The van der Waals surface area contributed by atoms with Crippen molar-refractivity contribution in [3.05, 3.63) is 42.7 Å². The second-order valence-corrected chi connectivity index (χ2v) is 3.75. The lowest BCUT2D eigenvalue weighted by molar-refractivity contribution is 0.416. The van der Waals surface area contributed by atoms with Crippen LogP contribution >= 0.6 is 0 Å². The van der Waals surface area contributed by atoms with Crippen LogP contribution in [-0.4, -0.2) is 16.9 Å². The number of ether oxygens (including phenoxy) is 1. The molecule has 1 heterocycles. The fourth-order valence-electron chi connectivity index (χ4n) is 1.73. The molecule has 0 unspecified atom stereocenters. The zero-order valence-electron chi connectivity index (χ0n) is 10.1. The summed E-state index contributed by atoms with van der Waals surface area (Å²) in [5.41, 5.74) is 2.88. The van der Waals surface area contributed by atoms with Gasteiger partial charge in [-0.3, -0.25) is 4.68 Å². The minimum Gasteiger partial charge on any atom is -0.496 e. The number of hydrogen-bond acceptors (Lipinski definition) is 3. The van der Waals surface area contributed by atoms with Crippen molar-refractivity contribution in [2.75, 3.05) is 7.11 Å². The van der Waals surface area contributed by atoms with Gasteiger partial charge in [-0.15, -0.1) is 0 Å². The molecule has 0 saturated heterocycles. The molecule has 4 heteroatoms. The zero-order valence-corrected chi connectivity index (χ0v) is 10.1. The van der Waals surface area contributed by atoms with Crippen molar-refractivity contribution in [1.82, 2.24) is 9.78 Å². The van der Waals surface area contributed by atoms with E-state index in [0.29, 0.717) is 0 Å². The summed E-state index contributed by atoms with van der Waals surface area (Å²) >= 11 is 0. The van der Waals surface area contributed by atoms with Gasteiger partial charge in [0.15, 0.2) is 0 Å². The summed E-state index contributed by atoms with van der Waals surface area (Å²) in [7, 11) is 1.63. The van der Waals surface area contributed by atoms with Crippen molar-refractivity contribution >= 4 is 6.08 Å². The molecule has 0 amide bonds. The molecule has 1 aromatic heterocycles. The van der Waals surface area contributed by atoms with Crippen molar-refractivity contribution < 1.29 is 4.74 Å². The third kappa shape index (κ3) is 2.25. The predicted octanol–water partition coefficient (Wildman–Crippen LogP) is 2.73. The lowest BCUT2D eigenvalue weighted by atomic mass is 10.1. The number of aromatic nitrogens is 2. The van der Waals surface area contributed by atoms with Gasteiger partial charge in [-0.25, -0.2) is 0 Å². The van der Waals surface area contributed by atoms with Crippen molar-refractivity contribution in [2.24, 2.45) is 0 Å². The Bertz CT molecular complexity index is 608. The molecule has 0 N–H and O–H groups in total. The number of nitrogens with zero attached hydrogens (tertiary/aromatic N) is 3. The minimum atomic E-state index is 0.243. The highest BCUT2D eigenvalue weighted by atomic mass is 16.5. The van der Waals surface area contributed by atoms with Gasteiger partial charge in [-0.1, -0.05) is 18.7 Å². The van der Waals surface area contributed by atoms with E-state index < -0.39 is 0 Å². The highest BCUT2D eigenvalue weighted by Gasteiger charge is 2.08. The summed E-state index contributed by atoms with van der Waals surface area (Å²) in [6, 6.07) is 7.90. The molecule has 0 fully saturated rings. The summed E-state index contributed by atoms with van der Waals surface area (Å²) in [6.07, 6.45) is 5.32. The molecule has 1 aromatic carbocycles. The SMILES string of the molecule is C=Cc1ccc(-c2cnn(CC#N)c2)c(OC)c1. The summed E-state index contributed by atoms with van der Waals surface area (Å²) in [6.45, 7) is 3.97. The molecule has 18 heavy (non-hydrogen) atoms. The predicted molar refractivity (Wildman–Crippen MR) is 69.9 cm³/mol. The molecule has 0 bridgehead atoms. The van der Waals surface area contributed by atoms with E-state index in [1.165, 1.54) is 0 Å². The van der Waals surface area contributed by atoms with Gasteiger partial charge >= 0.3 is 0 Å². The number of hydrogen-bond donors (Lipinski definition) is 0. The first kappa shape index (κ1) is 11.9. The Hall–Kier alpha value is -2.54. The van der Waals surface area contributed by atoms with Gasteiger partial charge in [0, 0.05) is 17.3 Å². The quantitative estimate of drug-likeness (QED) is 0.824. The smallest absolute Gasteiger partial charge is 0.128 e. The molecule has 2 rings (SSSR count). The monoisotopic (exact) mass is 239 g/mol. The normalized spacial score (nSPS) is 9.78. The summed E-state index contributed by atoms with van der Waals surface area (Å²) in [4.78, 5) is 0. The first-order valence-corrected chi connectivity index (χ1v) is 5.48. The van der Waals surface area contributed by atoms with E-state index in [1.54, 1.807) is 24.1 Å². The topological polar surface area (TPSA) is 50.8 Å². The van der Waals surface area contributed by atoms with Crippen molar-refractivity contribution in [2.45, 2.75) is 6.54 Å². The Kier molecular flexibility index (Phi) is 3.44. The highest BCUT2D eigenvalue weighted by Crippen LogP contribution is 2.30. The van der Waals surface area contributed by atoms with Gasteiger partial charge in [0.2, 0.25) is 0 Å². The van der Waals surface area contributed by atoms with E-state index in [-0.39, 0.29) is 6.54 Å². The Labute approximate surface area is 106 Å². The Morgan fingerprint density at radius 2 is 2.39 bits per heavy atom. The first-order chi connectivity index (χ1) is 8.78. The lowest BCUT2D eigenvalue weighted by Crippen LogP contribution is -1.94. The van der Waals surface area contributed by atoms with E-state index in [4.69, 9.17) is 10.00 Å². The maximum atomic E-state index is 8.62. The van der Waals surface area contributed by atoms with E-state index in [9.17, 15) is 0 Å². The maximum Gasteiger partial charge on any atom is 0.128 e. The third-order valence-corrected chi connectivity index (χ3v) is 2.64.